The van der Waals surface area contributed by atoms with Crippen molar-refractivity contribution in [2.75, 3.05) is 0 Å². The number of alkyl halides is 3. The number of aromatic nitrogens is 2. The van der Waals surface area contributed by atoms with Crippen molar-refractivity contribution in [3.05, 3.63) is 59.2 Å². The van der Waals surface area contributed by atoms with Crippen LogP contribution in [-0.2, 0) is 35.3 Å². The number of halogens is 3. The third-order valence-electron chi connectivity index (χ3n) is 3.31. The van der Waals surface area contributed by atoms with Crippen molar-refractivity contribution < 1.29 is 27.9 Å². The fraction of sp³-hybridized carbons (Fsp3) is 0.294. The first kappa shape index (κ1) is 19.4. The van der Waals surface area contributed by atoms with Crippen molar-refractivity contribution in [2.45, 2.75) is 32.0 Å². The van der Waals surface area contributed by atoms with Gasteiger partial charge in [0.2, 0.25) is 0 Å². The summed E-state index contributed by atoms with van der Waals surface area (Å²) < 4.78 is 37.3. The van der Waals surface area contributed by atoms with E-state index in [4.69, 9.17) is 9.94 Å². The number of aliphatic carboxylic acids is 1. The third kappa shape index (κ3) is 6.50. The molecule has 1 N–H and O–H groups in total. The number of carbonyl (C=O) groups is 1. The second-order valence-corrected chi connectivity index (χ2v) is 5.36. The lowest BCUT2D eigenvalue weighted by Gasteiger charge is -2.06. The Balaban J connectivity index is 1.74. The van der Waals surface area contributed by atoms with Gasteiger partial charge in [0.05, 0.1) is 12.0 Å². The van der Waals surface area contributed by atoms with E-state index in [1.165, 1.54) is 18.3 Å². The maximum Gasteiger partial charge on any atom is 0.416 e. The summed E-state index contributed by atoms with van der Waals surface area (Å²) in [7, 11) is 0. The summed E-state index contributed by atoms with van der Waals surface area (Å²) in [6.45, 7) is 0.0548. The zero-order chi connectivity index (χ0) is 19.0. The normalized spacial score (nSPS) is 11.7. The van der Waals surface area contributed by atoms with Gasteiger partial charge in [-0.25, -0.2) is 9.97 Å². The van der Waals surface area contributed by atoms with E-state index in [0.29, 0.717) is 17.8 Å². The highest BCUT2D eigenvalue weighted by Gasteiger charge is 2.29. The maximum atomic E-state index is 12.4. The molecule has 9 heteroatoms. The highest BCUT2D eigenvalue weighted by molar-refractivity contribution is 5.66. The molecule has 138 valence electrons. The average molecular weight is 367 g/mol. The summed E-state index contributed by atoms with van der Waals surface area (Å²) in [6, 6.07) is 4.65. The lowest BCUT2D eigenvalue weighted by atomic mass is 10.1. The molecule has 0 atom stereocenters. The number of oxime groups is 1. The molecule has 6 nitrogen and oxygen atoms in total. The quantitative estimate of drug-likeness (QED) is 0.572. The van der Waals surface area contributed by atoms with Crippen LogP contribution in [0.1, 0.15) is 28.9 Å². The first-order chi connectivity index (χ1) is 12.3. The first-order valence-corrected chi connectivity index (χ1v) is 7.66. The highest BCUT2D eigenvalue weighted by atomic mass is 19.4. The van der Waals surface area contributed by atoms with Gasteiger partial charge >= 0.3 is 12.1 Å². The van der Waals surface area contributed by atoms with E-state index in [1.54, 1.807) is 12.4 Å². The molecule has 26 heavy (non-hydrogen) atoms. The molecule has 2 rings (SSSR count). The van der Waals surface area contributed by atoms with Crippen molar-refractivity contribution in [1.82, 2.24) is 9.97 Å². The fourth-order valence-electron chi connectivity index (χ4n) is 1.93. The minimum absolute atomic E-state index is 0.0292. The Bertz CT molecular complexity index is 745. The van der Waals surface area contributed by atoms with Crippen molar-refractivity contribution in [3.63, 3.8) is 0 Å². The molecular weight excluding hydrogens is 351 g/mol. The Morgan fingerprint density at radius 1 is 1.15 bits per heavy atom. The Labute approximate surface area is 147 Å². The lowest BCUT2D eigenvalue weighted by Crippen LogP contribution is -2.04. The number of carboxylic acids is 1. The van der Waals surface area contributed by atoms with Crippen molar-refractivity contribution in [2.24, 2.45) is 5.16 Å². The zero-order valence-corrected chi connectivity index (χ0v) is 13.6. The Morgan fingerprint density at radius 2 is 1.81 bits per heavy atom. The molecule has 1 aromatic carbocycles. The van der Waals surface area contributed by atoms with Gasteiger partial charge in [-0.05, 0) is 23.3 Å². The predicted molar refractivity (Wildman–Crippen MR) is 86.4 cm³/mol. The molecule has 0 saturated heterocycles. The van der Waals surface area contributed by atoms with Gasteiger partial charge in [-0.2, -0.15) is 13.2 Å². The van der Waals surface area contributed by atoms with Gasteiger partial charge in [-0.15, -0.1) is 0 Å². The zero-order valence-electron chi connectivity index (χ0n) is 13.6. The molecule has 0 aliphatic heterocycles. The predicted octanol–water partition coefficient (Wildman–Crippen LogP) is 3.26. The van der Waals surface area contributed by atoms with Gasteiger partial charge in [0.15, 0.2) is 0 Å². The molecule has 0 spiro atoms. The molecular formula is C17H16F3N3O3. The minimum Gasteiger partial charge on any atom is -0.481 e. The number of hydrogen-bond donors (Lipinski definition) is 1. The number of benzene rings is 1. The molecule has 2 aromatic rings. The molecule has 0 radical (unpaired) electrons. The van der Waals surface area contributed by atoms with E-state index in [1.807, 2.05) is 0 Å². The molecule has 0 bridgehead atoms. The fourth-order valence-corrected chi connectivity index (χ4v) is 1.93. The second kappa shape index (κ2) is 8.93. The van der Waals surface area contributed by atoms with Gasteiger partial charge in [-0.3, -0.25) is 4.79 Å². The Kier molecular flexibility index (Phi) is 6.65. The monoisotopic (exact) mass is 367 g/mol. The maximum absolute atomic E-state index is 12.4. The van der Waals surface area contributed by atoms with Crippen LogP contribution < -0.4 is 0 Å². The number of nitrogens with zero attached hydrogens (tertiary/aromatic N) is 3. The molecule has 1 aromatic heterocycles. The van der Waals surface area contributed by atoms with Gasteiger partial charge in [0.1, 0.15) is 12.4 Å². The van der Waals surface area contributed by atoms with Crippen LogP contribution in [0.2, 0.25) is 0 Å². The van der Waals surface area contributed by atoms with Crippen LogP contribution in [-0.4, -0.2) is 27.3 Å². The molecule has 0 aliphatic rings. The Hall–Kier alpha value is -2.97. The van der Waals surface area contributed by atoms with Crippen LogP contribution in [0.25, 0.3) is 0 Å². The van der Waals surface area contributed by atoms with E-state index in [-0.39, 0.29) is 19.4 Å². The Morgan fingerprint density at radius 3 is 2.38 bits per heavy atom. The molecule has 0 fully saturated rings. The molecule has 1 heterocycles. The van der Waals surface area contributed by atoms with Crippen LogP contribution in [0.15, 0.2) is 41.8 Å². The van der Waals surface area contributed by atoms with Crippen LogP contribution in [0.4, 0.5) is 13.2 Å². The SMILES string of the molecule is O=C(O)CCc1ncc(CC=NOCc2ccc(C(F)(F)F)cc2)cn1. The minimum atomic E-state index is -4.36. The van der Waals surface area contributed by atoms with Gasteiger partial charge < -0.3 is 9.94 Å². The molecule has 0 saturated carbocycles. The van der Waals surface area contributed by atoms with E-state index >= 15 is 0 Å². The molecule has 0 amide bonds. The van der Waals surface area contributed by atoms with Gasteiger partial charge in [0, 0.05) is 31.4 Å². The van der Waals surface area contributed by atoms with Gasteiger partial charge in [0.25, 0.3) is 0 Å². The summed E-state index contributed by atoms with van der Waals surface area (Å²) >= 11 is 0. The lowest BCUT2D eigenvalue weighted by molar-refractivity contribution is -0.138. The second-order valence-electron chi connectivity index (χ2n) is 5.36. The smallest absolute Gasteiger partial charge is 0.416 e. The summed E-state index contributed by atoms with van der Waals surface area (Å²) in [6.07, 6.45) is 0.922. The van der Waals surface area contributed by atoms with Gasteiger partial charge in [-0.1, -0.05) is 17.3 Å². The number of rotatable bonds is 8. The summed E-state index contributed by atoms with van der Waals surface area (Å²) in [5, 5.41) is 12.3. The average Bonchev–Trinajstić information content (AvgIpc) is 2.60. The van der Waals surface area contributed by atoms with Crippen LogP contribution in [0.3, 0.4) is 0 Å². The van der Waals surface area contributed by atoms with E-state index < -0.39 is 17.7 Å². The molecule has 0 unspecified atom stereocenters. The van der Waals surface area contributed by atoms with E-state index in [2.05, 4.69) is 15.1 Å². The number of hydrogen-bond acceptors (Lipinski definition) is 5. The summed E-state index contributed by atoms with van der Waals surface area (Å²) in [5.41, 5.74) is 0.628. The van der Waals surface area contributed by atoms with Crippen LogP contribution in [0.5, 0.6) is 0 Å². The van der Waals surface area contributed by atoms with E-state index in [0.717, 1.165) is 17.7 Å². The van der Waals surface area contributed by atoms with Crippen molar-refractivity contribution in [1.29, 1.82) is 0 Å². The number of carboxylic acid groups (broad SMARTS) is 1. The van der Waals surface area contributed by atoms with Crippen molar-refractivity contribution in [3.8, 4) is 0 Å². The topological polar surface area (TPSA) is 84.7 Å². The number of aryl methyl sites for hydroxylation is 1. The van der Waals surface area contributed by atoms with Crippen LogP contribution >= 0.6 is 0 Å². The summed E-state index contributed by atoms with van der Waals surface area (Å²) in [4.78, 5) is 23.6. The first-order valence-electron chi connectivity index (χ1n) is 7.66. The van der Waals surface area contributed by atoms with E-state index in [9.17, 15) is 18.0 Å². The highest BCUT2D eigenvalue weighted by Crippen LogP contribution is 2.29. The van der Waals surface area contributed by atoms with Crippen LogP contribution in [0, 0.1) is 0 Å². The third-order valence-corrected chi connectivity index (χ3v) is 3.31. The largest absolute Gasteiger partial charge is 0.481 e. The van der Waals surface area contributed by atoms with Crippen molar-refractivity contribution >= 4 is 12.2 Å². The summed E-state index contributed by atoms with van der Waals surface area (Å²) in [5.74, 6) is -0.457. The molecule has 0 aliphatic carbocycles. The standard InChI is InChI=1S/C17H16F3N3O3/c18-17(19,20)14-3-1-12(2-4-14)11-26-23-8-7-13-9-21-15(22-10-13)5-6-16(24)25/h1-4,8-10H,5-7,11H2,(H,24,25).